The lowest BCUT2D eigenvalue weighted by molar-refractivity contribution is 0.655. The van der Waals surface area contributed by atoms with Crippen molar-refractivity contribution in [2.45, 2.75) is 45.6 Å². The molecule has 0 amide bonds. The van der Waals surface area contributed by atoms with Crippen LogP contribution in [-0.4, -0.2) is 4.98 Å². The van der Waals surface area contributed by atoms with Crippen LogP contribution < -0.4 is 5.73 Å². The maximum absolute atomic E-state index is 6.23. The lowest BCUT2D eigenvalue weighted by atomic mass is 9.87. The fourth-order valence-electron chi connectivity index (χ4n) is 3.16. The molecule has 2 aromatic rings. The van der Waals surface area contributed by atoms with Gasteiger partial charge < -0.3 is 5.73 Å². The van der Waals surface area contributed by atoms with Gasteiger partial charge >= 0.3 is 0 Å². The van der Waals surface area contributed by atoms with E-state index in [0.717, 1.165) is 28.9 Å². The maximum Gasteiger partial charge on any atom is 0.0752 e. The van der Waals surface area contributed by atoms with Gasteiger partial charge in [-0.25, -0.2) is 0 Å². The van der Waals surface area contributed by atoms with E-state index in [4.69, 9.17) is 22.3 Å². The SMILES string of the molecule is Cc1c(Cl)ccc2c(C(C)N)c3c(nc12)CCCC3. The molecule has 0 spiro atoms. The molecule has 0 bridgehead atoms. The van der Waals surface area contributed by atoms with Gasteiger partial charge in [0.25, 0.3) is 0 Å². The van der Waals surface area contributed by atoms with Crippen LogP contribution in [0, 0.1) is 6.92 Å². The molecule has 0 radical (unpaired) electrons. The summed E-state index contributed by atoms with van der Waals surface area (Å²) in [7, 11) is 0. The number of aromatic nitrogens is 1. The van der Waals surface area contributed by atoms with Crippen LogP contribution in [0.4, 0.5) is 0 Å². The highest BCUT2D eigenvalue weighted by Crippen LogP contribution is 2.35. The molecule has 2 N–H and O–H groups in total. The number of halogens is 1. The van der Waals surface area contributed by atoms with Crippen LogP contribution in [0.3, 0.4) is 0 Å². The van der Waals surface area contributed by atoms with E-state index >= 15 is 0 Å². The number of hydrogen-bond acceptors (Lipinski definition) is 2. The predicted molar refractivity (Wildman–Crippen MR) is 80.7 cm³/mol. The van der Waals surface area contributed by atoms with Gasteiger partial charge in [-0.3, -0.25) is 4.98 Å². The van der Waals surface area contributed by atoms with E-state index in [1.807, 2.05) is 13.0 Å². The number of rotatable bonds is 1. The Labute approximate surface area is 119 Å². The summed E-state index contributed by atoms with van der Waals surface area (Å²) in [5.41, 5.74) is 12.2. The van der Waals surface area contributed by atoms with Crippen LogP contribution in [-0.2, 0) is 12.8 Å². The molecule has 2 nitrogen and oxygen atoms in total. The van der Waals surface area contributed by atoms with Crippen molar-refractivity contribution >= 4 is 22.5 Å². The van der Waals surface area contributed by atoms with Crippen molar-refractivity contribution in [3.63, 3.8) is 0 Å². The van der Waals surface area contributed by atoms with Gasteiger partial charge in [0.15, 0.2) is 0 Å². The monoisotopic (exact) mass is 274 g/mol. The van der Waals surface area contributed by atoms with E-state index in [1.165, 1.54) is 35.0 Å². The molecule has 0 aliphatic heterocycles. The molecule has 3 rings (SSSR count). The Morgan fingerprint density at radius 1 is 1.26 bits per heavy atom. The zero-order valence-corrected chi connectivity index (χ0v) is 12.2. The fraction of sp³-hybridized carbons (Fsp3) is 0.438. The average Bonchev–Trinajstić information content (AvgIpc) is 2.40. The Hall–Kier alpha value is -1.12. The third-order valence-corrected chi connectivity index (χ3v) is 4.53. The van der Waals surface area contributed by atoms with E-state index in [0.29, 0.717) is 0 Å². The molecule has 1 heterocycles. The second-order valence-electron chi connectivity index (χ2n) is 5.52. The Balaban J connectivity index is 2.42. The molecular weight excluding hydrogens is 256 g/mol. The summed E-state index contributed by atoms with van der Waals surface area (Å²) < 4.78 is 0. The van der Waals surface area contributed by atoms with Crippen LogP contribution in [0.2, 0.25) is 5.02 Å². The second kappa shape index (κ2) is 4.77. The van der Waals surface area contributed by atoms with Crippen molar-refractivity contribution in [1.82, 2.24) is 4.98 Å². The molecule has 1 aromatic carbocycles. The molecule has 0 fully saturated rings. The summed E-state index contributed by atoms with van der Waals surface area (Å²) in [6, 6.07) is 4.07. The van der Waals surface area contributed by atoms with Crippen LogP contribution in [0.1, 0.15) is 48.2 Å². The van der Waals surface area contributed by atoms with E-state index in [2.05, 4.69) is 13.0 Å². The van der Waals surface area contributed by atoms with E-state index in [-0.39, 0.29) is 6.04 Å². The first-order chi connectivity index (χ1) is 9.09. The Morgan fingerprint density at radius 2 is 2.00 bits per heavy atom. The molecular formula is C16H19ClN2. The topological polar surface area (TPSA) is 38.9 Å². The lowest BCUT2D eigenvalue weighted by Gasteiger charge is -2.23. The first-order valence-electron chi connectivity index (χ1n) is 6.95. The average molecular weight is 275 g/mol. The largest absolute Gasteiger partial charge is 0.324 e. The van der Waals surface area contributed by atoms with Crippen LogP contribution in [0.25, 0.3) is 10.9 Å². The van der Waals surface area contributed by atoms with Crippen molar-refractivity contribution in [2.75, 3.05) is 0 Å². The highest BCUT2D eigenvalue weighted by atomic mass is 35.5. The van der Waals surface area contributed by atoms with Crippen LogP contribution in [0.5, 0.6) is 0 Å². The van der Waals surface area contributed by atoms with Crippen molar-refractivity contribution < 1.29 is 0 Å². The summed E-state index contributed by atoms with van der Waals surface area (Å²) in [5, 5.41) is 1.96. The lowest BCUT2D eigenvalue weighted by Crippen LogP contribution is -2.16. The smallest absolute Gasteiger partial charge is 0.0752 e. The number of hydrogen-bond donors (Lipinski definition) is 1. The number of benzene rings is 1. The van der Waals surface area contributed by atoms with E-state index < -0.39 is 0 Å². The standard InChI is InChI=1S/C16H19ClN2/c1-9-13(17)8-7-12-15(10(2)18)11-5-3-4-6-14(11)19-16(9)12/h7-8,10H,3-6,18H2,1-2H3. The number of pyridine rings is 1. The minimum atomic E-state index is 0.0397. The predicted octanol–water partition coefficient (Wildman–Crippen LogP) is 4.10. The Morgan fingerprint density at radius 3 is 2.74 bits per heavy atom. The molecule has 0 saturated heterocycles. The minimum absolute atomic E-state index is 0.0397. The van der Waals surface area contributed by atoms with Gasteiger partial charge in [-0.05, 0) is 62.3 Å². The zero-order valence-electron chi connectivity index (χ0n) is 11.5. The number of nitrogens with zero attached hydrogens (tertiary/aromatic N) is 1. The third kappa shape index (κ3) is 2.03. The van der Waals surface area contributed by atoms with Gasteiger partial charge in [0.05, 0.1) is 5.52 Å². The van der Waals surface area contributed by atoms with Crippen molar-refractivity contribution in [1.29, 1.82) is 0 Å². The van der Waals surface area contributed by atoms with E-state index in [1.54, 1.807) is 0 Å². The Bertz CT molecular complexity index is 647. The highest BCUT2D eigenvalue weighted by Gasteiger charge is 2.21. The first-order valence-corrected chi connectivity index (χ1v) is 7.33. The third-order valence-electron chi connectivity index (χ3n) is 4.12. The van der Waals surface area contributed by atoms with Crippen molar-refractivity contribution in [3.05, 3.63) is 39.5 Å². The summed E-state index contributed by atoms with van der Waals surface area (Å²) >= 11 is 6.23. The molecule has 1 aromatic heterocycles. The quantitative estimate of drug-likeness (QED) is 0.850. The van der Waals surface area contributed by atoms with E-state index in [9.17, 15) is 0 Å². The number of fused-ring (bicyclic) bond motifs is 2. The molecule has 19 heavy (non-hydrogen) atoms. The number of aryl methyl sites for hydroxylation is 2. The maximum atomic E-state index is 6.23. The summed E-state index contributed by atoms with van der Waals surface area (Å²) in [4.78, 5) is 4.88. The molecule has 1 unspecified atom stereocenters. The van der Waals surface area contributed by atoms with Gasteiger partial charge in [0.2, 0.25) is 0 Å². The van der Waals surface area contributed by atoms with Crippen molar-refractivity contribution in [2.24, 2.45) is 5.73 Å². The van der Waals surface area contributed by atoms with Gasteiger partial charge in [0.1, 0.15) is 0 Å². The second-order valence-corrected chi connectivity index (χ2v) is 5.92. The Kier molecular flexibility index (Phi) is 3.23. The first kappa shape index (κ1) is 12.9. The summed E-state index contributed by atoms with van der Waals surface area (Å²) in [6.45, 7) is 4.10. The fourth-order valence-corrected chi connectivity index (χ4v) is 3.31. The van der Waals surface area contributed by atoms with Gasteiger partial charge in [-0.2, -0.15) is 0 Å². The molecule has 1 atom stereocenters. The van der Waals surface area contributed by atoms with Crippen molar-refractivity contribution in [3.8, 4) is 0 Å². The van der Waals surface area contributed by atoms with Gasteiger partial charge in [-0.15, -0.1) is 0 Å². The number of nitrogens with two attached hydrogens (primary N) is 1. The highest BCUT2D eigenvalue weighted by molar-refractivity contribution is 6.32. The van der Waals surface area contributed by atoms with Gasteiger partial charge in [-0.1, -0.05) is 17.7 Å². The summed E-state index contributed by atoms with van der Waals surface area (Å²) in [6.07, 6.45) is 4.64. The molecule has 3 heteroatoms. The van der Waals surface area contributed by atoms with Gasteiger partial charge in [0, 0.05) is 22.1 Å². The molecule has 0 saturated carbocycles. The zero-order chi connectivity index (χ0) is 13.6. The van der Waals surface area contributed by atoms with Crippen LogP contribution >= 0.6 is 11.6 Å². The summed E-state index contributed by atoms with van der Waals surface area (Å²) in [5.74, 6) is 0. The van der Waals surface area contributed by atoms with Crippen LogP contribution in [0.15, 0.2) is 12.1 Å². The molecule has 100 valence electrons. The normalized spacial score (nSPS) is 16.4. The molecule has 1 aliphatic carbocycles. The minimum Gasteiger partial charge on any atom is -0.324 e. The molecule has 1 aliphatic rings.